The van der Waals surface area contributed by atoms with Crippen LogP contribution >= 0.6 is 0 Å². The van der Waals surface area contributed by atoms with E-state index in [4.69, 9.17) is 4.55 Å². The fourth-order valence-corrected chi connectivity index (χ4v) is 3.40. The monoisotopic (exact) mass is 374 g/mol. The van der Waals surface area contributed by atoms with Crippen molar-refractivity contribution >= 4 is 39.7 Å². The van der Waals surface area contributed by atoms with Gasteiger partial charge in [0, 0.05) is 0 Å². The molecule has 142 valence electrons. The summed E-state index contributed by atoms with van der Waals surface area (Å²) in [5, 5.41) is 9.61. The van der Waals surface area contributed by atoms with E-state index in [-0.39, 0.29) is 41.7 Å². The van der Waals surface area contributed by atoms with Gasteiger partial charge < -0.3 is 5.11 Å². The second-order valence-corrected chi connectivity index (χ2v) is 8.33. The number of hydrogen-bond acceptors (Lipinski definition) is 3. The zero-order valence-corrected chi connectivity index (χ0v) is 15.8. The van der Waals surface area contributed by atoms with E-state index < -0.39 is 16.2 Å². The molecule has 0 radical (unpaired) electrons. The van der Waals surface area contributed by atoms with Crippen LogP contribution < -0.4 is 0 Å². The average molecular weight is 375 g/mol. The molecule has 24 heavy (non-hydrogen) atoms. The topological polar surface area (TPSA) is 74.6 Å². The minimum atomic E-state index is -3.94. The first-order valence-electron chi connectivity index (χ1n) is 9.59. The van der Waals surface area contributed by atoms with Crippen LogP contribution in [0.3, 0.4) is 0 Å². The third-order valence-corrected chi connectivity index (χ3v) is 5.10. The van der Waals surface area contributed by atoms with Gasteiger partial charge in [-0.05, 0) is 12.8 Å². The molecule has 1 unspecified atom stereocenters. The summed E-state index contributed by atoms with van der Waals surface area (Å²) in [6.45, 7) is 2.25. The van der Waals surface area contributed by atoms with E-state index >= 15 is 0 Å². The van der Waals surface area contributed by atoms with Crippen LogP contribution in [0, 0.1) is 0 Å². The van der Waals surface area contributed by atoms with Crippen molar-refractivity contribution in [3.05, 3.63) is 0 Å². The molecular weight excluding hydrogens is 335 g/mol. The zero-order chi connectivity index (χ0) is 17.4. The second kappa shape index (κ2) is 18.7. The van der Waals surface area contributed by atoms with Gasteiger partial charge in [0.05, 0.1) is 11.9 Å². The molecule has 0 rings (SSSR count). The first-order chi connectivity index (χ1) is 11.0. The van der Waals surface area contributed by atoms with Gasteiger partial charge in [0.2, 0.25) is 0 Å². The van der Waals surface area contributed by atoms with Gasteiger partial charge in [-0.1, -0.05) is 90.4 Å². The normalized spacial score (nSPS) is 12.8. The Kier molecular flexibility index (Phi) is 21.1. The van der Waals surface area contributed by atoms with E-state index in [0.717, 1.165) is 12.8 Å². The molecule has 4 nitrogen and oxygen atoms in total. The molecule has 0 fully saturated rings. The third-order valence-electron chi connectivity index (χ3n) is 4.35. The Bertz CT molecular complexity index is 347. The molecule has 1 atom stereocenters. The molecule has 0 aromatic heterocycles. The third kappa shape index (κ3) is 22.9. The van der Waals surface area contributed by atoms with Crippen molar-refractivity contribution in [3.63, 3.8) is 0 Å². The van der Waals surface area contributed by atoms with E-state index in [9.17, 15) is 13.5 Å². The van der Waals surface area contributed by atoms with Gasteiger partial charge in [-0.15, -0.1) is 0 Å². The maximum atomic E-state index is 10.6. The molecule has 0 aliphatic carbocycles. The van der Waals surface area contributed by atoms with E-state index in [2.05, 4.69) is 6.92 Å². The summed E-state index contributed by atoms with van der Waals surface area (Å²) in [5.74, 6) is -0.341. The van der Waals surface area contributed by atoms with Gasteiger partial charge in [-0.25, -0.2) is 0 Å². The van der Waals surface area contributed by atoms with Crippen molar-refractivity contribution in [2.24, 2.45) is 0 Å². The van der Waals surface area contributed by atoms with E-state index in [1.54, 1.807) is 0 Å². The first-order valence-corrected chi connectivity index (χ1v) is 11.2. The van der Waals surface area contributed by atoms with Crippen LogP contribution in [0.1, 0.15) is 103 Å². The van der Waals surface area contributed by atoms with Crippen molar-refractivity contribution < 1.29 is 18.1 Å². The Morgan fingerprint density at radius 1 is 0.708 bits per heavy atom. The molecule has 0 aromatic carbocycles. The fourth-order valence-electron chi connectivity index (χ4n) is 2.83. The molecule has 0 amide bonds. The average Bonchev–Trinajstić information content (AvgIpc) is 2.49. The minimum absolute atomic E-state index is 0. The number of rotatable bonds is 17. The van der Waals surface area contributed by atoms with Crippen LogP contribution in [0.15, 0.2) is 0 Å². The summed E-state index contributed by atoms with van der Waals surface area (Å²) in [4.78, 5) is 0. The van der Waals surface area contributed by atoms with Crippen molar-refractivity contribution in [1.82, 2.24) is 0 Å². The molecule has 6 heteroatoms. The van der Waals surface area contributed by atoms with E-state index in [1.807, 2.05) is 0 Å². The molecular formula is C18H39NaO4S. The van der Waals surface area contributed by atoms with Crippen LogP contribution in [-0.2, 0) is 10.1 Å². The molecule has 0 aromatic rings. The Balaban J connectivity index is 0. The van der Waals surface area contributed by atoms with Crippen molar-refractivity contribution in [2.75, 3.05) is 5.75 Å². The molecule has 2 N–H and O–H groups in total. The molecule has 0 aliphatic rings. The molecule has 0 heterocycles. The summed E-state index contributed by atoms with van der Waals surface area (Å²) in [5.41, 5.74) is 0. The summed E-state index contributed by atoms with van der Waals surface area (Å²) in [6.07, 6.45) is 16.9. The second-order valence-electron chi connectivity index (χ2n) is 6.76. The first kappa shape index (κ1) is 27.1. The van der Waals surface area contributed by atoms with Gasteiger partial charge in [0.25, 0.3) is 10.1 Å². The summed E-state index contributed by atoms with van der Waals surface area (Å²) >= 11 is 0. The van der Waals surface area contributed by atoms with Crippen molar-refractivity contribution in [2.45, 2.75) is 109 Å². The SMILES string of the molecule is CCCCCCCCCCCCCCCC(O)CCS(=O)(=O)O.[NaH]. The molecule has 0 bridgehead atoms. The van der Waals surface area contributed by atoms with Gasteiger partial charge in [-0.3, -0.25) is 4.55 Å². The Morgan fingerprint density at radius 3 is 1.46 bits per heavy atom. The molecule has 0 saturated heterocycles. The van der Waals surface area contributed by atoms with Gasteiger partial charge in [-0.2, -0.15) is 8.42 Å². The van der Waals surface area contributed by atoms with E-state index in [0.29, 0.717) is 6.42 Å². The standard InChI is InChI=1S/C18H38O4S.Na.H/c1-2-3-4-5-6-7-8-9-10-11-12-13-14-15-18(19)16-17-23(20,21)22;;/h18-19H,2-17H2,1H3,(H,20,21,22);;. The van der Waals surface area contributed by atoms with Crippen molar-refractivity contribution in [3.8, 4) is 0 Å². The predicted molar refractivity (Wildman–Crippen MR) is 105 cm³/mol. The summed E-state index contributed by atoms with van der Waals surface area (Å²) in [7, 11) is -3.94. The van der Waals surface area contributed by atoms with Gasteiger partial charge in [0.15, 0.2) is 0 Å². The quantitative estimate of drug-likeness (QED) is 0.224. The Labute approximate surface area is 172 Å². The predicted octanol–water partition coefficient (Wildman–Crippen LogP) is 4.46. The van der Waals surface area contributed by atoms with Crippen LogP contribution in [-0.4, -0.2) is 59.5 Å². The molecule has 0 saturated carbocycles. The number of aliphatic hydroxyl groups is 1. The van der Waals surface area contributed by atoms with Gasteiger partial charge >= 0.3 is 29.6 Å². The van der Waals surface area contributed by atoms with Crippen LogP contribution in [0.5, 0.6) is 0 Å². The van der Waals surface area contributed by atoms with Crippen LogP contribution in [0.4, 0.5) is 0 Å². The van der Waals surface area contributed by atoms with E-state index in [1.165, 1.54) is 70.6 Å². The number of hydrogen-bond donors (Lipinski definition) is 2. The van der Waals surface area contributed by atoms with Crippen LogP contribution in [0.25, 0.3) is 0 Å². The summed E-state index contributed by atoms with van der Waals surface area (Å²) < 4.78 is 29.7. The maximum absolute atomic E-state index is 10.6. The number of unbranched alkanes of at least 4 members (excludes halogenated alkanes) is 12. The zero-order valence-electron chi connectivity index (χ0n) is 15.0. The molecule has 0 spiro atoms. The number of aliphatic hydroxyl groups excluding tert-OH is 1. The summed E-state index contributed by atoms with van der Waals surface area (Å²) in [6, 6.07) is 0. The van der Waals surface area contributed by atoms with Crippen LogP contribution in [0.2, 0.25) is 0 Å². The van der Waals surface area contributed by atoms with Crippen molar-refractivity contribution in [1.29, 1.82) is 0 Å². The Hall–Kier alpha value is 0.870. The Morgan fingerprint density at radius 2 is 1.08 bits per heavy atom. The molecule has 0 aliphatic heterocycles. The van der Waals surface area contributed by atoms with Gasteiger partial charge in [0.1, 0.15) is 0 Å². The fraction of sp³-hybridized carbons (Fsp3) is 1.00.